The fourth-order valence-electron chi connectivity index (χ4n) is 1.28. The summed E-state index contributed by atoms with van der Waals surface area (Å²) in [6.07, 6.45) is 2.80. The van der Waals surface area contributed by atoms with E-state index in [2.05, 4.69) is 9.63 Å². The van der Waals surface area contributed by atoms with Crippen LogP contribution in [0.25, 0.3) is 0 Å². The Morgan fingerprint density at radius 3 is 2.56 bits per heavy atom. The Bertz CT molecular complexity index is 518. The summed E-state index contributed by atoms with van der Waals surface area (Å²) in [4.78, 5) is 12.1. The Kier molecular flexibility index (Phi) is 5.22. The van der Waals surface area contributed by atoms with Gasteiger partial charge in [0.05, 0.1) is 11.3 Å². The molecule has 1 unspecified atom stereocenters. The number of benzene rings is 1. The van der Waals surface area contributed by atoms with E-state index in [0.29, 0.717) is 5.69 Å². The van der Waals surface area contributed by atoms with Crippen LogP contribution in [0.2, 0.25) is 0 Å². The van der Waals surface area contributed by atoms with Gasteiger partial charge in [-0.25, -0.2) is 4.79 Å². The summed E-state index contributed by atoms with van der Waals surface area (Å²) in [6.45, 7) is 6.03. The minimum absolute atomic E-state index is 0.222. The van der Waals surface area contributed by atoms with Crippen molar-refractivity contribution >= 4 is 27.2 Å². The van der Waals surface area contributed by atoms with Crippen LogP contribution < -0.4 is 0 Å². The van der Waals surface area contributed by atoms with Gasteiger partial charge in [0.15, 0.2) is 0 Å². The van der Waals surface area contributed by atoms with Crippen molar-refractivity contribution in [3.8, 4) is 0 Å². The number of aromatic carboxylic acids is 1. The molecule has 0 fully saturated rings. The molecule has 0 aliphatic carbocycles. The van der Waals surface area contributed by atoms with E-state index in [1.54, 1.807) is 18.2 Å². The number of carboxylic acids is 1. The zero-order valence-corrected chi connectivity index (χ0v) is 11.9. The lowest BCUT2D eigenvalue weighted by Gasteiger charge is -2.04. The van der Waals surface area contributed by atoms with Crippen molar-refractivity contribution in [1.82, 2.24) is 0 Å². The Hall–Kier alpha value is -1.49. The highest BCUT2D eigenvalue weighted by atomic mass is 32.2. The Balaban J connectivity index is 3.17. The predicted octanol–water partition coefficient (Wildman–Crippen LogP) is 4.06. The zero-order valence-electron chi connectivity index (χ0n) is 11.1. The topological polar surface area (TPSA) is 62.0 Å². The molecule has 5 heteroatoms. The minimum Gasteiger partial charge on any atom is -0.478 e. The summed E-state index contributed by atoms with van der Waals surface area (Å²) < 4.78 is 4.23. The van der Waals surface area contributed by atoms with Crippen molar-refractivity contribution in [2.24, 2.45) is 9.63 Å². The van der Waals surface area contributed by atoms with Crippen molar-refractivity contribution in [2.45, 2.75) is 27.2 Å². The third-order valence-electron chi connectivity index (χ3n) is 2.58. The number of carboxylic acid groups (broad SMARTS) is 1. The van der Waals surface area contributed by atoms with E-state index >= 15 is 0 Å². The Labute approximate surface area is 110 Å². The molecule has 0 spiro atoms. The van der Waals surface area contributed by atoms with E-state index in [0.717, 1.165) is 12.0 Å². The maximum absolute atomic E-state index is 10.9. The lowest BCUT2D eigenvalue weighted by atomic mass is 10.1. The van der Waals surface area contributed by atoms with Crippen molar-refractivity contribution in [3.63, 3.8) is 0 Å². The van der Waals surface area contributed by atoms with E-state index in [-0.39, 0.29) is 16.2 Å². The summed E-state index contributed by atoms with van der Waals surface area (Å²) >= 11 is 0. The third kappa shape index (κ3) is 3.77. The second kappa shape index (κ2) is 6.44. The van der Waals surface area contributed by atoms with Crippen molar-refractivity contribution in [3.05, 3.63) is 29.3 Å². The van der Waals surface area contributed by atoms with Crippen LogP contribution in [0.1, 0.15) is 36.7 Å². The van der Waals surface area contributed by atoms with Crippen molar-refractivity contribution in [1.29, 1.82) is 0 Å². The molecule has 1 atom stereocenters. The fourth-order valence-corrected chi connectivity index (χ4v) is 1.65. The van der Waals surface area contributed by atoms with Crippen LogP contribution in [0, 0.1) is 0 Å². The molecular formula is C13H18N2O2S. The lowest BCUT2D eigenvalue weighted by molar-refractivity contribution is 0.0697. The summed E-state index contributed by atoms with van der Waals surface area (Å²) in [6, 6.07) is 4.98. The maximum atomic E-state index is 10.9. The standard InChI is InChI=1S/C13H18N2O2S/c1-5-10-6-7-11(13(16)17)8-12(10)14-15-18(4)9(2)3/h6-8H,5H2,1-4H3,(H,16,17). The van der Waals surface area contributed by atoms with E-state index < -0.39 is 5.97 Å². The molecule has 1 aromatic carbocycles. The molecule has 0 saturated carbocycles. The molecule has 0 saturated heterocycles. The van der Waals surface area contributed by atoms with Crippen LogP contribution in [0.5, 0.6) is 0 Å². The van der Waals surface area contributed by atoms with Gasteiger partial charge in [-0.15, -0.1) is 9.63 Å². The number of aryl methyl sites for hydroxylation is 1. The van der Waals surface area contributed by atoms with E-state index in [1.165, 1.54) is 4.86 Å². The van der Waals surface area contributed by atoms with Crippen LogP contribution in [0.3, 0.4) is 0 Å². The predicted molar refractivity (Wildman–Crippen MR) is 77.2 cm³/mol. The molecule has 0 amide bonds. The first kappa shape index (κ1) is 14.6. The maximum Gasteiger partial charge on any atom is 0.335 e. The van der Waals surface area contributed by atoms with Gasteiger partial charge in [-0.05, 0) is 49.1 Å². The molecule has 4 nitrogen and oxygen atoms in total. The van der Waals surface area contributed by atoms with E-state index in [4.69, 9.17) is 5.11 Å². The molecule has 0 heterocycles. The van der Waals surface area contributed by atoms with E-state index in [1.807, 2.05) is 27.0 Å². The molecule has 98 valence electrons. The van der Waals surface area contributed by atoms with Crippen LogP contribution in [-0.4, -0.2) is 22.2 Å². The molecular weight excluding hydrogens is 248 g/mol. The van der Waals surface area contributed by atoms with Gasteiger partial charge in [0.25, 0.3) is 0 Å². The average Bonchev–Trinajstić information content (AvgIpc) is 2.35. The van der Waals surface area contributed by atoms with Crippen molar-refractivity contribution < 1.29 is 9.90 Å². The third-order valence-corrected chi connectivity index (χ3v) is 4.08. The van der Waals surface area contributed by atoms with Gasteiger partial charge >= 0.3 is 5.97 Å². The fraction of sp³-hybridized carbons (Fsp3) is 0.385. The van der Waals surface area contributed by atoms with Gasteiger partial charge in [0, 0.05) is 0 Å². The quantitative estimate of drug-likeness (QED) is 0.660. The van der Waals surface area contributed by atoms with Gasteiger partial charge in [0.2, 0.25) is 0 Å². The number of hydrogen-bond donors (Lipinski definition) is 1. The molecule has 0 aromatic heterocycles. The van der Waals surface area contributed by atoms with Gasteiger partial charge in [0.1, 0.15) is 0 Å². The number of nitrogens with zero attached hydrogens (tertiary/aromatic N) is 2. The first-order valence-corrected chi connectivity index (χ1v) is 7.28. The molecule has 0 aliphatic rings. The normalized spacial score (nSPS) is 12.7. The number of hydrogen-bond acceptors (Lipinski definition) is 3. The monoisotopic (exact) mass is 266 g/mol. The molecule has 1 aromatic rings. The van der Waals surface area contributed by atoms with Crippen LogP contribution in [0.4, 0.5) is 5.69 Å². The van der Waals surface area contributed by atoms with E-state index in [9.17, 15) is 4.79 Å². The van der Waals surface area contributed by atoms with Crippen molar-refractivity contribution in [2.75, 3.05) is 6.26 Å². The Morgan fingerprint density at radius 1 is 1.39 bits per heavy atom. The second-order valence-corrected chi connectivity index (χ2v) is 6.01. The first-order chi connectivity index (χ1) is 8.45. The summed E-state index contributed by atoms with van der Waals surface area (Å²) in [5.74, 6) is -0.942. The zero-order chi connectivity index (χ0) is 13.7. The minimum atomic E-state index is -0.942. The number of carbonyl (C=O) groups is 1. The molecule has 0 radical (unpaired) electrons. The average molecular weight is 266 g/mol. The van der Waals surface area contributed by atoms with Crippen LogP contribution in [0.15, 0.2) is 27.8 Å². The van der Waals surface area contributed by atoms with Gasteiger partial charge in [-0.2, -0.15) is 0 Å². The van der Waals surface area contributed by atoms with Gasteiger partial charge in [-0.1, -0.05) is 23.7 Å². The first-order valence-electron chi connectivity index (χ1n) is 5.69. The molecule has 0 aliphatic heterocycles. The summed E-state index contributed by atoms with van der Waals surface area (Å²) in [7, 11) is -0.222. The highest BCUT2D eigenvalue weighted by Crippen LogP contribution is 2.25. The number of rotatable bonds is 4. The molecule has 18 heavy (non-hydrogen) atoms. The lowest BCUT2D eigenvalue weighted by Crippen LogP contribution is -1.96. The SMILES string of the molecule is CCc1ccc(C(=O)O)cc1N=NS(C)=C(C)C. The van der Waals surface area contributed by atoms with Gasteiger partial charge < -0.3 is 5.11 Å². The largest absolute Gasteiger partial charge is 0.478 e. The highest BCUT2D eigenvalue weighted by molar-refractivity contribution is 8.14. The summed E-state index contributed by atoms with van der Waals surface area (Å²) in [5.41, 5.74) is 1.90. The summed E-state index contributed by atoms with van der Waals surface area (Å²) in [5, 5.41) is 13.2. The van der Waals surface area contributed by atoms with Crippen LogP contribution >= 0.6 is 10.7 Å². The molecule has 0 bridgehead atoms. The highest BCUT2D eigenvalue weighted by Gasteiger charge is 2.07. The van der Waals surface area contributed by atoms with Crippen LogP contribution in [-0.2, 0) is 6.42 Å². The van der Waals surface area contributed by atoms with Gasteiger partial charge in [-0.3, -0.25) is 0 Å². The smallest absolute Gasteiger partial charge is 0.335 e. The molecule has 1 N–H and O–H groups in total. The second-order valence-electron chi connectivity index (χ2n) is 4.07. The Morgan fingerprint density at radius 2 is 2.06 bits per heavy atom. The molecule has 1 rings (SSSR count).